The molecule has 0 spiro atoms. The first-order chi connectivity index (χ1) is 11.9. The van der Waals surface area contributed by atoms with E-state index in [0.29, 0.717) is 0 Å². The summed E-state index contributed by atoms with van der Waals surface area (Å²) >= 11 is 2.02. The molecule has 0 aliphatic carbocycles. The molecule has 0 bridgehead atoms. The molecule has 0 amide bonds. The molecule has 0 radical (unpaired) electrons. The van der Waals surface area contributed by atoms with E-state index < -0.39 is 0 Å². The minimum Gasteiger partial charge on any atom is -0.158 e. The van der Waals surface area contributed by atoms with E-state index in [1.807, 2.05) is 17.8 Å². The van der Waals surface area contributed by atoms with Crippen molar-refractivity contribution in [2.75, 3.05) is 11.5 Å². The lowest BCUT2D eigenvalue weighted by atomic mass is 10.0. The predicted molar refractivity (Wildman–Crippen MR) is 116 cm³/mol. The number of thioether (sulfide) groups is 1. The van der Waals surface area contributed by atoms with Gasteiger partial charge in [0.05, 0.1) is 0 Å². The monoisotopic (exact) mass is 354 g/mol. The Labute approximate surface area is 158 Å². The summed E-state index contributed by atoms with van der Waals surface area (Å²) in [4.78, 5) is 0. The van der Waals surface area contributed by atoms with Gasteiger partial charge in [-0.2, -0.15) is 11.8 Å². The summed E-state index contributed by atoms with van der Waals surface area (Å²) in [6, 6.07) is 0. The third kappa shape index (κ3) is 22.1. The van der Waals surface area contributed by atoms with E-state index in [-0.39, 0.29) is 0 Å². The van der Waals surface area contributed by atoms with Crippen molar-refractivity contribution in [3.05, 3.63) is 12.7 Å². The molecule has 0 fully saturated rings. The van der Waals surface area contributed by atoms with Crippen molar-refractivity contribution in [1.29, 1.82) is 0 Å². The summed E-state index contributed by atoms with van der Waals surface area (Å²) in [5, 5.41) is 0. The van der Waals surface area contributed by atoms with Crippen LogP contribution in [0.5, 0.6) is 0 Å². The average molecular weight is 355 g/mol. The minimum atomic E-state index is 1.12. The fraction of sp³-hybridized carbons (Fsp3) is 0.913. The van der Waals surface area contributed by atoms with Crippen molar-refractivity contribution in [2.45, 2.75) is 122 Å². The van der Waals surface area contributed by atoms with Gasteiger partial charge in [0.1, 0.15) is 0 Å². The van der Waals surface area contributed by atoms with E-state index in [1.165, 1.54) is 121 Å². The van der Waals surface area contributed by atoms with Crippen LogP contribution in [0.15, 0.2) is 12.7 Å². The van der Waals surface area contributed by atoms with E-state index in [9.17, 15) is 0 Å². The molecule has 0 aliphatic heterocycles. The highest BCUT2D eigenvalue weighted by molar-refractivity contribution is 7.99. The van der Waals surface area contributed by atoms with Crippen molar-refractivity contribution in [2.24, 2.45) is 0 Å². The smallest absolute Gasteiger partial charge is 0.0110 e. The van der Waals surface area contributed by atoms with Crippen LogP contribution in [0, 0.1) is 0 Å². The van der Waals surface area contributed by atoms with Gasteiger partial charge in [-0.15, -0.1) is 6.58 Å². The first kappa shape index (κ1) is 24.1. The standard InChI is InChI=1S/C23H46S/c1-3-5-6-7-8-9-10-11-12-13-14-15-16-17-18-19-20-21-23-24-22-4-2/h4H,2-3,5-23H2,1H3. The van der Waals surface area contributed by atoms with Crippen LogP contribution in [-0.2, 0) is 0 Å². The molecule has 0 aromatic heterocycles. The summed E-state index contributed by atoms with van der Waals surface area (Å²) in [6.07, 6.45) is 28.3. The third-order valence-electron chi connectivity index (χ3n) is 4.88. The van der Waals surface area contributed by atoms with Gasteiger partial charge in [-0.05, 0) is 12.2 Å². The maximum absolute atomic E-state index is 3.76. The van der Waals surface area contributed by atoms with Gasteiger partial charge in [-0.1, -0.05) is 122 Å². The molecule has 0 saturated heterocycles. The van der Waals surface area contributed by atoms with E-state index in [0.717, 1.165) is 5.75 Å². The Hall–Kier alpha value is 0.0900. The highest BCUT2D eigenvalue weighted by Crippen LogP contribution is 2.14. The van der Waals surface area contributed by atoms with Gasteiger partial charge in [0.25, 0.3) is 0 Å². The van der Waals surface area contributed by atoms with E-state index in [1.54, 1.807) is 0 Å². The zero-order valence-electron chi connectivity index (χ0n) is 16.8. The summed E-state index contributed by atoms with van der Waals surface area (Å²) in [7, 11) is 0. The Balaban J connectivity index is 2.94. The predicted octanol–water partition coefficient (Wildman–Crippen LogP) is 8.95. The van der Waals surface area contributed by atoms with Crippen molar-refractivity contribution in [1.82, 2.24) is 0 Å². The van der Waals surface area contributed by atoms with Crippen molar-refractivity contribution < 1.29 is 0 Å². The zero-order valence-corrected chi connectivity index (χ0v) is 17.7. The minimum absolute atomic E-state index is 1.12. The number of unbranched alkanes of at least 4 members (excludes halogenated alkanes) is 17. The molecule has 0 nitrogen and oxygen atoms in total. The highest BCUT2D eigenvalue weighted by atomic mass is 32.2. The van der Waals surface area contributed by atoms with E-state index in [2.05, 4.69) is 13.5 Å². The average Bonchev–Trinajstić information content (AvgIpc) is 2.60. The molecule has 0 aromatic carbocycles. The molecule has 144 valence electrons. The van der Waals surface area contributed by atoms with E-state index >= 15 is 0 Å². The molecular formula is C23H46S. The molecule has 0 atom stereocenters. The molecule has 0 saturated carbocycles. The Kier molecular flexibility index (Phi) is 23.2. The molecule has 0 heterocycles. The van der Waals surface area contributed by atoms with Crippen molar-refractivity contribution >= 4 is 11.8 Å². The van der Waals surface area contributed by atoms with Crippen LogP contribution in [0.25, 0.3) is 0 Å². The third-order valence-corrected chi connectivity index (χ3v) is 5.93. The fourth-order valence-electron chi connectivity index (χ4n) is 3.27. The zero-order chi connectivity index (χ0) is 17.6. The van der Waals surface area contributed by atoms with E-state index in [4.69, 9.17) is 0 Å². The maximum Gasteiger partial charge on any atom is 0.0110 e. The first-order valence-corrected chi connectivity index (χ1v) is 12.3. The molecule has 0 rings (SSSR count). The van der Waals surface area contributed by atoms with Crippen LogP contribution < -0.4 is 0 Å². The lowest BCUT2D eigenvalue weighted by molar-refractivity contribution is 0.527. The molecule has 24 heavy (non-hydrogen) atoms. The lowest BCUT2D eigenvalue weighted by Crippen LogP contribution is -1.85. The topological polar surface area (TPSA) is 0 Å². The molecule has 0 N–H and O–H groups in total. The number of hydrogen-bond acceptors (Lipinski definition) is 1. The SMILES string of the molecule is C=CCSCCCCCCCCCCCCCCCCCCCC. The summed E-state index contributed by atoms with van der Waals surface area (Å²) in [5.74, 6) is 2.45. The second kappa shape index (κ2) is 23.1. The summed E-state index contributed by atoms with van der Waals surface area (Å²) < 4.78 is 0. The van der Waals surface area contributed by atoms with Crippen LogP contribution in [0.3, 0.4) is 0 Å². The normalized spacial score (nSPS) is 11.0. The van der Waals surface area contributed by atoms with Crippen molar-refractivity contribution in [3.8, 4) is 0 Å². The van der Waals surface area contributed by atoms with Crippen LogP contribution in [0.1, 0.15) is 122 Å². The van der Waals surface area contributed by atoms with Crippen LogP contribution >= 0.6 is 11.8 Å². The Morgan fingerprint density at radius 1 is 0.542 bits per heavy atom. The molecule has 0 aliphatic rings. The van der Waals surface area contributed by atoms with Gasteiger partial charge in [0.15, 0.2) is 0 Å². The highest BCUT2D eigenvalue weighted by Gasteiger charge is 1.95. The second-order valence-corrected chi connectivity index (χ2v) is 8.52. The van der Waals surface area contributed by atoms with Gasteiger partial charge in [0, 0.05) is 5.75 Å². The molecule has 1 heteroatoms. The number of rotatable bonds is 21. The molecule has 0 unspecified atom stereocenters. The Morgan fingerprint density at radius 2 is 0.875 bits per heavy atom. The van der Waals surface area contributed by atoms with Crippen LogP contribution in [0.2, 0.25) is 0 Å². The Bertz CT molecular complexity index is 224. The van der Waals surface area contributed by atoms with Crippen LogP contribution in [-0.4, -0.2) is 11.5 Å². The van der Waals surface area contributed by atoms with Gasteiger partial charge in [-0.25, -0.2) is 0 Å². The van der Waals surface area contributed by atoms with Crippen LogP contribution in [0.4, 0.5) is 0 Å². The largest absolute Gasteiger partial charge is 0.158 e. The lowest BCUT2D eigenvalue weighted by Gasteiger charge is -2.04. The summed E-state index contributed by atoms with van der Waals surface area (Å²) in [6.45, 7) is 6.06. The first-order valence-electron chi connectivity index (χ1n) is 11.1. The Morgan fingerprint density at radius 3 is 1.21 bits per heavy atom. The van der Waals surface area contributed by atoms with Gasteiger partial charge in [-0.3, -0.25) is 0 Å². The molecule has 0 aromatic rings. The fourth-order valence-corrected chi connectivity index (χ4v) is 4.01. The maximum atomic E-state index is 3.76. The quantitative estimate of drug-likeness (QED) is 0.146. The van der Waals surface area contributed by atoms with Gasteiger partial charge in [0.2, 0.25) is 0 Å². The van der Waals surface area contributed by atoms with Gasteiger partial charge >= 0.3 is 0 Å². The van der Waals surface area contributed by atoms with Crippen molar-refractivity contribution in [3.63, 3.8) is 0 Å². The molecular weight excluding hydrogens is 308 g/mol. The van der Waals surface area contributed by atoms with Gasteiger partial charge < -0.3 is 0 Å². The number of hydrogen-bond donors (Lipinski definition) is 0. The summed E-state index contributed by atoms with van der Waals surface area (Å²) in [5.41, 5.74) is 0. The second-order valence-electron chi connectivity index (χ2n) is 7.37.